The first-order valence-electron chi connectivity index (χ1n) is 6.66. The van der Waals surface area contributed by atoms with Crippen LogP contribution in [-0.4, -0.2) is 19.2 Å². The number of halogens is 4. The second-order valence-corrected chi connectivity index (χ2v) is 5.49. The Labute approximate surface area is 144 Å². The number of methoxy groups -OCH3 is 1. The number of hydrogen-bond donors (Lipinski definition) is 1. The van der Waals surface area contributed by atoms with E-state index in [0.29, 0.717) is 15.8 Å². The highest BCUT2D eigenvalue weighted by molar-refractivity contribution is 9.10. The highest BCUT2D eigenvalue weighted by Crippen LogP contribution is 2.31. The van der Waals surface area contributed by atoms with Crippen LogP contribution in [0.3, 0.4) is 0 Å². The summed E-state index contributed by atoms with van der Waals surface area (Å²) in [6, 6.07) is 9.58. The van der Waals surface area contributed by atoms with Crippen molar-refractivity contribution in [2.24, 2.45) is 5.10 Å². The third-order valence-electron chi connectivity index (χ3n) is 3.03. The predicted molar refractivity (Wildman–Crippen MR) is 87.2 cm³/mol. The first-order valence-corrected chi connectivity index (χ1v) is 7.45. The van der Waals surface area contributed by atoms with Gasteiger partial charge in [-0.25, -0.2) is 5.43 Å². The first kappa shape index (κ1) is 18.0. The minimum absolute atomic E-state index is 0.488. The van der Waals surface area contributed by atoms with Crippen molar-refractivity contribution < 1.29 is 22.7 Å². The van der Waals surface area contributed by atoms with Gasteiger partial charge in [0.15, 0.2) is 0 Å². The number of amides is 1. The van der Waals surface area contributed by atoms with Crippen LogP contribution in [0.1, 0.15) is 21.5 Å². The fourth-order valence-electron chi connectivity index (χ4n) is 1.92. The van der Waals surface area contributed by atoms with Crippen LogP contribution in [0, 0.1) is 0 Å². The second-order valence-electron chi connectivity index (χ2n) is 4.64. The fraction of sp³-hybridized carbons (Fsp3) is 0.125. The molecule has 2 rings (SSSR count). The number of nitrogens with zero attached hydrogens (tertiary/aromatic N) is 1. The quantitative estimate of drug-likeness (QED) is 0.616. The minimum Gasteiger partial charge on any atom is -0.496 e. The molecule has 126 valence electrons. The molecule has 0 aliphatic rings. The lowest BCUT2D eigenvalue weighted by molar-refractivity contribution is -0.137. The number of benzene rings is 2. The zero-order chi connectivity index (χ0) is 17.7. The van der Waals surface area contributed by atoms with Crippen molar-refractivity contribution in [3.63, 3.8) is 0 Å². The van der Waals surface area contributed by atoms with E-state index in [1.165, 1.54) is 25.5 Å². The molecular formula is C16H12BrF3N2O2. The average molecular weight is 401 g/mol. The third kappa shape index (κ3) is 4.35. The maximum atomic E-state index is 12.9. The molecule has 4 nitrogen and oxygen atoms in total. The van der Waals surface area contributed by atoms with Gasteiger partial charge in [-0.3, -0.25) is 4.79 Å². The summed E-state index contributed by atoms with van der Waals surface area (Å²) in [6.07, 6.45) is -3.29. The van der Waals surface area contributed by atoms with Crippen LogP contribution in [0.15, 0.2) is 52.0 Å². The van der Waals surface area contributed by atoms with E-state index in [9.17, 15) is 18.0 Å². The number of nitrogens with one attached hydrogen (secondary N) is 1. The lowest BCUT2D eigenvalue weighted by Gasteiger charge is -2.10. The van der Waals surface area contributed by atoms with Crippen molar-refractivity contribution in [2.45, 2.75) is 6.18 Å². The second kappa shape index (κ2) is 7.48. The zero-order valence-electron chi connectivity index (χ0n) is 12.4. The van der Waals surface area contributed by atoms with Crippen molar-refractivity contribution in [3.8, 4) is 5.75 Å². The predicted octanol–water partition coefficient (Wildman–Crippen LogP) is 4.24. The summed E-state index contributed by atoms with van der Waals surface area (Å²) in [4.78, 5) is 11.9. The largest absolute Gasteiger partial charge is 0.496 e. The molecule has 2 aromatic rings. The van der Waals surface area contributed by atoms with Gasteiger partial charge in [0.2, 0.25) is 0 Å². The van der Waals surface area contributed by atoms with Gasteiger partial charge in [-0.05, 0) is 51.8 Å². The molecular weight excluding hydrogens is 389 g/mol. The van der Waals surface area contributed by atoms with Crippen molar-refractivity contribution in [2.75, 3.05) is 7.11 Å². The normalized spacial score (nSPS) is 11.5. The molecule has 0 aliphatic heterocycles. The van der Waals surface area contributed by atoms with E-state index in [4.69, 9.17) is 4.74 Å². The maximum absolute atomic E-state index is 12.9. The van der Waals surface area contributed by atoms with Gasteiger partial charge in [0, 0.05) is 0 Å². The monoisotopic (exact) mass is 400 g/mol. The van der Waals surface area contributed by atoms with Crippen LogP contribution in [-0.2, 0) is 6.18 Å². The molecule has 0 aromatic heterocycles. The van der Waals surface area contributed by atoms with Gasteiger partial charge >= 0.3 is 6.18 Å². The molecule has 0 unspecified atom stereocenters. The first-order chi connectivity index (χ1) is 11.3. The fourth-order valence-corrected chi connectivity index (χ4v) is 2.48. The molecule has 0 radical (unpaired) electrons. The standard InChI is InChI=1S/C16H12BrF3N2O2/c1-24-14-7-6-10(8-13(14)17)9-21-22-15(23)11-4-2-3-5-12(11)16(18,19)20/h2-9H,1H3,(H,22,23)/b21-9+. The van der Waals surface area contributed by atoms with Crippen LogP contribution < -0.4 is 10.2 Å². The van der Waals surface area contributed by atoms with E-state index in [1.807, 2.05) is 0 Å². The number of carbonyl (C=O) groups excluding carboxylic acids is 1. The summed E-state index contributed by atoms with van der Waals surface area (Å²) in [5, 5.41) is 3.68. The molecule has 0 saturated carbocycles. The number of rotatable bonds is 4. The van der Waals surface area contributed by atoms with Crippen LogP contribution in [0.25, 0.3) is 0 Å². The average Bonchev–Trinajstić information content (AvgIpc) is 2.54. The summed E-state index contributed by atoms with van der Waals surface area (Å²) in [5.41, 5.74) is 1.23. The molecule has 0 spiro atoms. The number of hydrazone groups is 1. The molecule has 24 heavy (non-hydrogen) atoms. The van der Waals surface area contributed by atoms with Crippen LogP contribution in [0.4, 0.5) is 13.2 Å². The van der Waals surface area contributed by atoms with Crippen LogP contribution in [0.2, 0.25) is 0 Å². The third-order valence-corrected chi connectivity index (χ3v) is 3.65. The molecule has 2 aromatic carbocycles. The SMILES string of the molecule is COc1ccc(/C=N/NC(=O)c2ccccc2C(F)(F)F)cc1Br. The molecule has 0 heterocycles. The Morgan fingerprint density at radius 2 is 1.96 bits per heavy atom. The maximum Gasteiger partial charge on any atom is 0.417 e. The van der Waals surface area contributed by atoms with Crippen LogP contribution >= 0.6 is 15.9 Å². The number of carbonyl (C=O) groups is 1. The highest BCUT2D eigenvalue weighted by atomic mass is 79.9. The molecule has 0 bridgehead atoms. The smallest absolute Gasteiger partial charge is 0.417 e. The van der Waals surface area contributed by atoms with Gasteiger partial charge in [-0.15, -0.1) is 0 Å². The molecule has 0 atom stereocenters. The van der Waals surface area contributed by atoms with Gasteiger partial charge in [-0.2, -0.15) is 18.3 Å². The summed E-state index contributed by atoms with van der Waals surface area (Å²) < 4.78 is 44.4. The molecule has 0 aliphatic carbocycles. The van der Waals surface area contributed by atoms with E-state index in [1.54, 1.807) is 18.2 Å². The molecule has 0 fully saturated rings. The summed E-state index contributed by atoms with van der Waals surface area (Å²) in [7, 11) is 1.52. The molecule has 1 amide bonds. The summed E-state index contributed by atoms with van der Waals surface area (Å²) in [5.74, 6) is -0.318. The molecule has 8 heteroatoms. The Kier molecular flexibility index (Phi) is 5.61. The summed E-state index contributed by atoms with van der Waals surface area (Å²) >= 11 is 3.30. The van der Waals surface area contributed by atoms with Gasteiger partial charge in [0.1, 0.15) is 5.75 Å². The molecule has 0 saturated heterocycles. The topological polar surface area (TPSA) is 50.7 Å². The Morgan fingerprint density at radius 1 is 1.25 bits per heavy atom. The van der Waals surface area contributed by atoms with Crippen molar-refractivity contribution in [1.82, 2.24) is 5.43 Å². The van der Waals surface area contributed by atoms with E-state index in [-0.39, 0.29) is 0 Å². The van der Waals surface area contributed by atoms with Gasteiger partial charge < -0.3 is 4.74 Å². The Balaban J connectivity index is 2.13. The zero-order valence-corrected chi connectivity index (χ0v) is 14.0. The number of ether oxygens (including phenoxy) is 1. The lowest BCUT2D eigenvalue weighted by atomic mass is 10.1. The van der Waals surface area contributed by atoms with Crippen LogP contribution in [0.5, 0.6) is 5.75 Å². The van der Waals surface area contributed by atoms with E-state index in [2.05, 4.69) is 26.5 Å². The van der Waals surface area contributed by atoms with Crippen molar-refractivity contribution in [3.05, 3.63) is 63.6 Å². The Morgan fingerprint density at radius 3 is 2.58 bits per heavy atom. The Hall–Kier alpha value is -2.35. The number of hydrogen-bond acceptors (Lipinski definition) is 3. The minimum atomic E-state index is -4.61. The van der Waals surface area contributed by atoms with E-state index >= 15 is 0 Å². The Bertz CT molecular complexity index is 776. The summed E-state index contributed by atoms with van der Waals surface area (Å²) in [6.45, 7) is 0. The van der Waals surface area contributed by atoms with Gasteiger partial charge in [0.05, 0.1) is 28.9 Å². The van der Waals surface area contributed by atoms with Gasteiger partial charge in [0.25, 0.3) is 5.91 Å². The van der Waals surface area contributed by atoms with Gasteiger partial charge in [-0.1, -0.05) is 12.1 Å². The van der Waals surface area contributed by atoms with Crippen molar-refractivity contribution in [1.29, 1.82) is 0 Å². The molecule has 1 N–H and O–H groups in total. The highest BCUT2D eigenvalue weighted by Gasteiger charge is 2.34. The van der Waals surface area contributed by atoms with E-state index in [0.717, 1.165) is 12.1 Å². The van der Waals surface area contributed by atoms with E-state index < -0.39 is 23.2 Å². The van der Waals surface area contributed by atoms with Crippen molar-refractivity contribution >= 4 is 28.1 Å². The number of alkyl halides is 3. The lowest BCUT2D eigenvalue weighted by Crippen LogP contribution is -2.22.